The highest BCUT2D eigenvalue weighted by atomic mass is 35.5. The molecule has 1 heterocycles. The van der Waals surface area contributed by atoms with Crippen LogP contribution in [0.15, 0.2) is 11.4 Å². The largest absolute Gasteiger partial charge is 0.481 e. The van der Waals surface area contributed by atoms with Crippen LogP contribution in [0.5, 0.6) is 0 Å². The summed E-state index contributed by atoms with van der Waals surface area (Å²) in [7, 11) is 0. The summed E-state index contributed by atoms with van der Waals surface area (Å²) in [5.74, 6) is -1.13. The second-order valence-electron chi connectivity index (χ2n) is 2.45. The first kappa shape index (κ1) is 10.2. The fourth-order valence-corrected chi connectivity index (χ4v) is 1.85. The van der Waals surface area contributed by atoms with Crippen LogP contribution in [0, 0.1) is 0 Å². The summed E-state index contributed by atoms with van der Waals surface area (Å²) in [6.45, 7) is 0. The Kier molecular flexibility index (Phi) is 3.45. The van der Waals surface area contributed by atoms with Crippen molar-refractivity contribution in [3.05, 3.63) is 21.3 Å². The van der Waals surface area contributed by atoms with Gasteiger partial charge in [-0.1, -0.05) is 11.6 Å². The van der Waals surface area contributed by atoms with Crippen LogP contribution in [-0.2, 0) is 4.79 Å². The number of ketones is 1. The Hall–Kier alpha value is -0.870. The highest BCUT2D eigenvalue weighted by Crippen LogP contribution is 2.20. The molecule has 0 unspecified atom stereocenters. The molecule has 0 aliphatic heterocycles. The Morgan fingerprint density at radius 3 is 2.62 bits per heavy atom. The summed E-state index contributed by atoms with van der Waals surface area (Å²) in [6.07, 6.45) is -0.0967. The van der Waals surface area contributed by atoms with Gasteiger partial charge < -0.3 is 5.11 Å². The van der Waals surface area contributed by atoms with E-state index in [1.54, 1.807) is 11.4 Å². The van der Waals surface area contributed by atoms with Crippen molar-refractivity contribution in [1.82, 2.24) is 0 Å². The van der Waals surface area contributed by atoms with Crippen LogP contribution in [0.1, 0.15) is 22.5 Å². The molecule has 70 valence electrons. The first-order chi connectivity index (χ1) is 6.09. The molecule has 0 aliphatic carbocycles. The molecule has 0 radical (unpaired) electrons. The van der Waals surface area contributed by atoms with Crippen molar-refractivity contribution in [2.24, 2.45) is 0 Å². The molecule has 13 heavy (non-hydrogen) atoms. The van der Waals surface area contributed by atoms with E-state index in [4.69, 9.17) is 16.7 Å². The Morgan fingerprint density at radius 2 is 2.15 bits per heavy atom. The lowest BCUT2D eigenvalue weighted by atomic mass is 10.2. The topological polar surface area (TPSA) is 54.4 Å². The summed E-state index contributed by atoms with van der Waals surface area (Å²) >= 11 is 6.84. The molecule has 0 bridgehead atoms. The van der Waals surface area contributed by atoms with Crippen molar-refractivity contribution >= 4 is 34.7 Å². The van der Waals surface area contributed by atoms with E-state index in [9.17, 15) is 9.59 Å². The number of hydrogen-bond acceptors (Lipinski definition) is 3. The molecule has 0 spiro atoms. The number of thiophene rings is 1. The molecule has 0 saturated heterocycles. The molecule has 0 aliphatic rings. The van der Waals surface area contributed by atoms with Gasteiger partial charge in [0, 0.05) is 11.8 Å². The third kappa shape index (κ3) is 3.16. The van der Waals surface area contributed by atoms with E-state index in [0.717, 1.165) is 0 Å². The van der Waals surface area contributed by atoms with Gasteiger partial charge in [0.15, 0.2) is 5.78 Å². The fourth-order valence-electron chi connectivity index (χ4n) is 0.803. The number of aliphatic carboxylic acids is 1. The van der Waals surface area contributed by atoms with Crippen LogP contribution >= 0.6 is 22.9 Å². The lowest BCUT2D eigenvalue weighted by Crippen LogP contribution is -2.01. The number of carboxylic acids is 1. The minimum Gasteiger partial charge on any atom is -0.481 e. The minimum absolute atomic E-state index is 0.0339. The first-order valence-corrected chi connectivity index (χ1v) is 4.84. The molecule has 1 N–H and O–H groups in total. The molecule has 0 aromatic carbocycles. The molecular formula is C8H7ClO3S. The zero-order valence-electron chi connectivity index (χ0n) is 6.62. The standard InChI is InChI=1S/C8H7ClO3S/c9-5-3-7(13-4-5)6(10)1-2-8(11)12/h3-4H,1-2H2,(H,11,12). The van der Waals surface area contributed by atoms with Gasteiger partial charge in [-0.05, 0) is 6.07 Å². The molecular weight excluding hydrogens is 212 g/mol. The number of carbonyl (C=O) groups is 2. The summed E-state index contributed by atoms with van der Waals surface area (Å²) in [5.41, 5.74) is 0. The average Bonchev–Trinajstić information content (AvgIpc) is 2.47. The predicted molar refractivity (Wildman–Crippen MR) is 50.5 cm³/mol. The smallest absolute Gasteiger partial charge is 0.303 e. The van der Waals surface area contributed by atoms with Crippen LogP contribution in [0.2, 0.25) is 5.02 Å². The molecule has 0 amide bonds. The van der Waals surface area contributed by atoms with Gasteiger partial charge in [-0.2, -0.15) is 0 Å². The number of halogens is 1. The second kappa shape index (κ2) is 4.39. The summed E-state index contributed by atoms with van der Waals surface area (Å²) < 4.78 is 0. The molecule has 3 nitrogen and oxygen atoms in total. The minimum atomic E-state index is -0.962. The molecule has 0 saturated carbocycles. The van der Waals surface area contributed by atoms with E-state index in [1.807, 2.05) is 0 Å². The Bertz CT molecular complexity index is 332. The zero-order chi connectivity index (χ0) is 9.84. The maximum absolute atomic E-state index is 11.3. The highest BCUT2D eigenvalue weighted by molar-refractivity contribution is 7.12. The third-order valence-electron chi connectivity index (χ3n) is 1.41. The van der Waals surface area contributed by atoms with Gasteiger partial charge in [-0.3, -0.25) is 9.59 Å². The lowest BCUT2D eigenvalue weighted by Gasteiger charge is -1.92. The Labute approximate surface area is 84.0 Å². The maximum Gasteiger partial charge on any atom is 0.303 e. The number of hydrogen-bond donors (Lipinski definition) is 1. The molecule has 0 atom stereocenters. The van der Waals surface area contributed by atoms with Gasteiger partial charge in [-0.15, -0.1) is 11.3 Å². The second-order valence-corrected chi connectivity index (χ2v) is 3.79. The highest BCUT2D eigenvalue weighted by Gasteiger charge is 2.10. The predicted octanol–water partition coefficient (Wildman–Crippen LogP) is 2.45. The van der Waals surface area contributed by atoms with E-state index in [0.29, 0.717) is 9.90 Å². The number of carboxylic acid groups (broad SMARTS) is 1. The molecule has 0 fully saturated rings. The fraction of sp³-hybridized carbons (Fsp3) is 0.250. The van der Waals surface area contributed by atoms with E-state index in [2.05, 4.69) is 0 Å². The summed E-state index contributed by atoms with van der Waals surface area (Å²) in [4.78, 5) is 21.9. The van der Waals surface area contributed by atoms with Crippen molar-refractivity contribution in [3.63, 3.8) is 0 Å². The lowest BCUT2D eigenvalue weighted by molar-refractivity contribution is -0.136. The average molecular weight is 219 g/mol. The molecule has 1 aromatic rings. The van der Waals surface area contributed by atoms with Crippen LogP contribution in [0.25, 0.3) is 0 Å². The van der Waals surface area contributed by atoms with Gasteiger partial charge in [0.25, 0.3) is 0 Å². The van der Waals surface area contributed by atoms with Gasteiger partial charge in [-0.25, -0.2) is 0 Å². The van der Waals surface area contributed by atoms with Gasteiger partial charge in [0.2, 0.25) is 0 Å². The zero-order valence-corrected chi connectivity index (χ0v) is 8.19. The third-order valence-corrected chi connectivity index (χ3v) is 2.73. The van der Waals surface area contributed by atoms with E-state index in [-0.39, 0.29) is 18.6 Å². The van der Waals surface area contributed by atoms with Crippen molar-refractivity contribution < 1.29 is 14.7 Å². The monoisotopic (exact) mass is 218 g/mol. The SMILES string of the molecule is O=C(O)CCC(=O)c1cc(Cl)cs1. The molecule has 1 aromatic heterocycles. The van der Waals surface area contributed by atoms with Crippen LogP contribution < -0.4 is 0 Å². The van der Waals surface area contributed by atoms with Gasteiger partial charge in [0.1, 0.15) is 0 Å². The van der Waals surface area contributed by atoms with Gasteiger partial charge >= 0.3 is 5.97 Å². The normalized spacial score (nSPS) is 9.92. The first-order valence-electron chi connectivity index (χ1n) is 3.58. The van der Waals surface area contributed by atoms with E-state index >= 15 is 0 Å². The molecule has 5 heteroatoms. The van der Waals surface area contributed by atoms with Crippen molar-refractivity contribution in [1.29, 1.82) is 0 Å². The van der Waals surface area contributed by atoms with Crippen molar-refractivity contribution in [2.75, 3.05) is 0 Å². The molecule has 1 rings (SSSR count). The summed E-state index contributed by atoms with van der Waals surface area (Å²) in [6, 6.07) is 1.55. The quantitative estimate of drug-likeness (QED) is 0.790. The van der Waals surface area contributed by atoms with Crippen LogP contribution in [0.3, 0.4) is 0 Å². The van der Waals surface area contributed by atoms with Crippen molar-refractivity contribution in [2.45, 2.75) is 12.8 Å². The van der Waals surface area contributed by atoms with E-state index in [1.165, 1.54) is 11.3 Å². The van der Waals surface area contributed by atoms with Crippen LogP contribution in [-0.4, -0.2) is 16.9 Å². The number of carbonyl (C=O) groups excluding carboxylic acids is 1. The number of rotatable bonds is 4. The van der Waals surface area contributed by atoms with E-state index < -0.39 is 5.97 Å². The number of Topliss-reactive ketones (excluding diaryl/α,β-unsaturated/α-hetero) is 1. The maximum atomic E-state index is 11.3. The van der Waals surface area contributed by atoms with Crippen LogP contribution in [0.4, 0.5) is 0 Å². The Balaban J connectivity index is 2.54. The Morgan fingerprint density at radius 1 is 1.46 bits per heavy atom. The summed E-state index contributed by atoms with van der Waals surface area (Å²) in [5, 5.41) is 10.5. The van der Waals surface area contributed by atoms with Crippen molar-refractivity contribution in [3.8, 4) is 0 Å². The van der Waals surface area contributed by atoms with Gasteiger partial charge in [0.05, 0.1) is 16.3 Å².